The number of ether oxygens (including phenoxy) is 5. The van der Waals surface area contributed by atoms with Crippen molar-refractivity contribution in [3.8, 4) is 28.7 Å². The topological polar surface area (TPSA) is 191 Å². The second-order valence-corrected chi connectivity index (χ2v) is 13.1. The van der Waals surface area contributed by atoms with Gasteiger partial charge in [-0.1, -0.05) is 54.6 Å². The van der Waals surface area contributed by atoms with E-state index in [1.165, 1.54) is 21.3 Å². The van der Waals surface area contributed by atoms with Crippen molar-refractivity contribution in [1.29, 1.82) is 0 Å². The number of benzene rings is 4. The number of carbonyl (C=O) groups is 4. The summed E-state index contributed by atoms with van der Waals surface area (Å²) >= 11 is 0. The fourth-order valence-corrected chi connectivity index (χ4v) is 5.35. The Kier molecular flexibility index (Phi) is 13.7. The number of carbonyl (C=O) groups excluding carboxylic acids is 4. The van der Waals surface area contributed by atoms with E-state index in [4.69, 9.17) is 23.7 Å². The molecule has 0 bridgehead atoms. The van der Waals surface area contributed by atoms with Crippen LogP contribution in [0.2, 0.25) is 0 Å². The minimum absolute atomic E-state index is 0.0673. The summed E-state index contributed by atoms with van der Waals surface area (Å²) in [5.74, 6) is -2.66. The van der Waals surface area contributed by atoms with E-state index in [0.29, 0.717) is 28.2 Å². The lowest BCUT2D eigenvalue weighted by molar-refractivity contribution is -0.159. The first-order chi connectivity index (χ1) is 25.7. The first-order valence-electron chi connectivity index (χ1n) is 16.9. The number of esters is 1. The molecule has 0 aliphatic carbocycles. The number of alkyl carbamates (subject to hydrolysis) is 1. The summed E-state index contributed by atoms with van der Waals surface area (Å²) in [6, 6.07) is 21.2. The molecule has 14 heteroatoms. The average Bonchev–Trinajstić information content (AvgIpc) is 3.14. The Hall–Kier alpha value is -6.44. The van der Waals surface area contributed by atoms with Crippen LogP contribution in [0.5, 0.6) is 28.7 Å². The molecule has 0 saturated heterocycles. The van der Waals surface area contributed by atoms with Crippen LogP contribution >= 0.6 is 0 Å². The Morgan fingerprint density at radius 2 is 1.22 bits per heavy atom. The summed E-state index contributed by atoms with van der Waals surface area (Å²) in [6.07, 6.45) is -1.61. The van der Waals surface area contributed by atoms with E-state index in [9.17, 15) is 29.4 Å². The Morgan fingerprint density at radius 1 is 0.685 bits per heavy atom. The molecular weight excluding hydrogens is 698 g/mol. The summed E-state index contributed by atoms with van der Waals surface area (Å²) in [5, 5.41) is 28.9. The molecule has 0 aliphatic heterocycles. The maximum absolute atomic E-state index is 14.1. The molecule has 54 heavy (non-hydrogen) atoms. The fraction of sp³-hybridized carbons (Fsp3) is 0.300. The number of rotatable bonds is 15. The number of phenolic OH excluding ortho intramolecular Hbond substituents is 2. The number of aromatic hydroxyl groups is 2. The predicted molar refractivity (Wildman–Crippen MR) is 197 cm³/mol. The van der Waals surface area contributed by atoms with Crippen molar-refractivity contribution in [2.45, 2.75) is 57.5 Å². The minimum Gasteiger partial charge on any atom is -0.504 e. The largest absolute Gasteiger partial charge is 0.504 e. The van der Waals surface area contributed by atoms with E-state index in [2.05, 4.69) is 16.0 Å². The second-order valence-electron chi connectivity index (χ2n) is 13.1. The van der Waals surface area contributed by atoms with Crippen LogP contribution in [0.15, 0.2) is 91.0 Å². The van der Waals surface area contributed by atoms with Crippen molar-refractivity contribution in [3.05, 3.63) is 113 Å². The molecule has 286 valence electrons. The third-order valence-corrected chi connectivity index (χ3v) is 7.95. The van der Waals surface area contributed by atoms with E-state index in [-0.39, 0.29) is 17.9 Å². The molecule has 0 saturated carbocycles. The van der Waals surface area contributed by atoms with E-state index in [0.717, 1.165) is 12.1 Å². The van der Waals surface area contributed by atoms with E-state index >= 15 is 0 Å². The Bertz CT molecular complexity index is 1820. The quantitative estimate of drug-likeness (QED) is 0.100. The van der Waals surface area contributed by atoms with Crippen molar-refractivity contribution in [1.82, 2.24) is 16.0 Å². The summed E-state index contributed by atoms with van der Waals surface area (Å²) in [6.45, 7) is 4.72. The zero-order chi connectivity index (χ0) is 39.4. The van der Waals surface area contributed by atoms with Crippen LogP contribution in [0, 0.1) is 0 Å². The van der Waals surface area contributed by atoms with Crippen molar-refractivity contribution in [2.24, 2.45) is 0 Å². The highest BCUT2D eigenvalue weighted by molar-refractivity contribution is 5.94. The number of amides is 3. The molecule has 5 N–H and O–H groups in total. The predicted octanol–water partition coefficient (Wildman–Crippen LogP) is 5.21. The smallest absolute Gasteiger partial charge is 0.408 e. The van der Waals surface area contributed by atoms with Gasteiger partial charge >= 0.3 is 12.1 Å². The highest BCUT2D eigenvalue weighted by Gasteiger charge is 2.34. The number of hydrogen-bond acceptors (Lipinski definition) is 11. The van der Waals surface area contributed by atoms with E-state index < -0.39 is 65.5 Å². The van der Waals surface area contributed by atoms with Gasteiger partial charge in [-0.25, -0.2) is 9.59 Å². The van der Waals surface area contributed by atoms with Crippen LogP contribution in [-0.2, 0) is 30.5 Å². The van der Waals surface area contributed by atoms with E-state index in [1.54, 1.807) is 99.6 Å². The first kappa shape index (κ1) is 40.3. The second kappa shape index (κ2) is 18.4. The van der Waals surface area contributed by atoms with Gasteiger partial charge in [0.05, 0.1) is 33.8 Å². The van der Waals surface area contributed by atoms with Gasteiger partial charge in [-0.15, -0.1) is 0 Å². The number of phenols is 2. The molecule has 0 unspecified atom stereocenters. The van der Waals surface area contributed by atoms with Gasteiger partial charge in [0.1, 0.15) is 29.7 Å². The lowest BCUT2D eigenvalue weighted by Gasteiger charge is -2.27. The zero-order valence-corrected chi connectivity index (χ0v) is 30.9. The van der Waals surface area contributed by atoms with Crippen LogP contribution in [0.4, 0.5) is 4.79 Å². The Balaban J connectivity index is 1.66. The highest BCUT2D eigenvalue weighted by Crippen LogP contribution is 2.38. The average molecular weight is 744 g/mol. The molecule has 3 amide bonds. The summed E-state index contributed by atoms with van der Waals surface area (Å²) in [7, 11) is 4.30. The maximum atomic E-state index is 14.1. The molecule has 0 fully saturated rings. The molecule has 0 aliphatic rings. The first-order valence-corrected chi connectivity index (χ1v) is 16.9. The summed E-state index contributed by atoms with van der Waals surface area (Å²) in [4.78, 5) is 54.5. The lowest BCUT2D eigenvalue weighted by atomic mass is 9.97. The standard InChI is InChI=1S/C40H45N3O11/c1-40(2,3)54-38(48)35(27-20-31(44)36(52-6)32(45)21-27)43-37(47)30(41-39(49)53-23-24-10-8-7-9-11-24)22-33(46)42-34(25-12-16-28(50-4)17-13-25)26-14-18-29(51-5)19-15-26/h7-21,30,34-35,44-45H,22-23H2,1-6H3,(H,41,49)(H,42,46)(H,43,47)/t30-,35+/m0/s1. The monoisotopic (exact) mass is 743 g/mol. The molecule has 2 atom stereocenters. The van der Waals surface area contributed by atoms with Crippen LogP contribution in [0.1, 0.15) is 61.5 Å². The van der Waals surface area contributed by atoms with Gasteiger partial charge in [0.2, 0.25) is 17.6 Å². The number of methoxy groups -OCH3 is 3. The third-order valence-electron chi connectivity index (χ3n) is 7.95. The molecule has 4 aromatic rings. The molecule has 4 rings (SSSR count). The van der Waals surface area contributed by atoms with Gasteiger partial charge in [0.15, 0.2) is 17.5 Å². The molecule has 0 spiro atoms. The summed E-state index contributed by atoms with van der Waals surface area (Å²) < 4.78 is 26.5. The fourth-order valence-electron chi connectivity index (χ4n) is 5.35. The van der Waals surface area contributed by atoms with Crippen LogP contribution in [-0.4, -0.2) is 67.1 Å². The SMILES string of the molecule is COc1ccc(C(NC(=O)C[C@H](NC(=O)OCc2ccccc2)C(=O)N[C@@H](C(=O)OC(C)(C)C)c2cc(O)c(OC)c(O)c2)c2ccc(OC)cc2)cc1. The highest BCUT2D eigenvalue weighted by atomic mass is 16.6. The van der Waals surface area contributed by atoms with Crippen LogP contribution in [0.25, 0.3) is 0 Å². The van der Waals surface area contributed by atoms with Crippen molar-refractivity contribution < 1.29 is 53.1 Å². The Morgan fingerprint density at radius 3 is 1.70 bits per heavy atom. The van der Waals surface area contributed by atoms with Gasteiger partial charge in [0.25, 0.3) is 0 Å². The van der Waals surface area contributed by atoms with E-state index in [1.807, 2.05) is 0 Å². The lowest BCUT2D eigenvalue weighted by Crippen LogP contribution is -2.51. The maximum Gasteiger partial charge on any atom is 0.408 e. The van der Waals surface area contributed by atoms with Gasteiger partial charge in [0, 0.05) is 0 Å². The van der Waals surface area contributed by atoms with Gasteiger partial charge in [-0.2, -0.15) is 0 Å². The molecular formula is C40H45N3O11. The van der Waals surface area contributed by atoms with Crippen molar-refractivity contribution >= 4 is 23.9 Å². The van der Waals surface area contributed by atoms with Gasteiger partial charge in [-0.05, 0) is 79.4 Å². The normalized spacial score (nSPS) is 12.1. The zero-order valence-electron chi connectivity index (χ0n) is 30.9. The van der Waals surface area contributed by atoms with Crippen molar-refractivity contribution in [2.75, 3.05) is 21.3 Å². The third kappa shape index (κ3) is 11.3. The molecule has 0 radical (unpaired) electrons. The Labute approximate surface area is 313 Å². The molecule has 4 aromatic carbocycles. The van der Waals surface area contributed by atoms with Crippen LogP contribution < -0.4 is 30.2 Å². The van der Waals surface area contributed by atoms with Gasteiger partial charge < -0.3 is 49.8 Å². The minimum atomic E-state index is -1.61. The molecule has 0 aromatic heterocycles. The molecule has 14 nitrogen and oxygen atoms in total. The van der Waals surface area contributed by atoms with Crippen LogP contribution in [0.3, 0.4) is 0 Å². The number of nitrogens with one attached hydrogen (secondary N) is 3. The molecule has 0 heterocycles. The van der Waals surface area contributed by atoms with Gasteiger partial charge in [-0.3, -0.25) is 9.59 Å². The number of hydrogen-bond donors (Lipinski definition) is 5. The van der Waals surface area contributed by atoms with Crippen molar-refractivity contribution in [3.63, 3.8) is 0 Å². The summed E-state index contributed by atoms with van der Waals surface area (Å²) in [5.41, 5.74) is 0.983.